The molecule has 0 amide bonds. The third-order valence-corrected chi connectivity index (χ3v) is 9.94. The van der Waals surface area contributed by atoms with Crippen molar-refractivity contribution in [3.8, 4) is 0 Å². The normalized spacial score (nSPS) is 20.3. The molecule has 0 aromatic heterocycles. The molecular weight excluding hydrogens is 516 g/mol. The van der Waals surface area contributed by atoms with Gasteiger partial charge in [0.1, 0.15) is 0 Å². The van der Waals surface area contributed by atoms with Gasteiger partial charge >= 0.3 is 0 Å². The molecule has 0 radical (unpaired) electrons. The molecule has 0 N–H and O–H groups in total. The SMILES string of the molecule is C=C(CCC)C1=C(C)C=C2CC(=Cc3ccc(CCc4ccc(C(=C)C)cc4)cc3)C(=C)C2C1c1ccc2c(c1)CCC2. The standard InChI is InChI=1S/C43H46/c1-7-9-29(4)41-30(5)24-40-27-39(31(6)42(40)43(41)38-23-22-36-10-8-11-37(36)26-38)25-34-16-14-32(15-17-34)12-13-33-18-20-35(21-19-33)28(2)3/h14-26,42-43H,2,4,6-13,27H2,1,3,5H3. The Morgan fingerprint density at radius 1 is 0.860 bits per heavy atom. The minimum atomic E-state index is 0.301. The van der Waals surface area contributed by atoms with Crippen LogP contribution in [0.25, 0.3) is 11.6 Å². The van der Waals surface area contributed by atoms with Crippen LogP contribution in [-0.4, -0.2) is 0 Å². The number of fused-ring (bicyclic) bond motifs is 2. The van der Waals surface area contributed by atoms with Crippen LogP contribution in [0.15, 0.2) is 126 Å². The van der Waals surface area contributed by atoms with E-state index in [-0.39, 0.29) is 0 Å². The van der Waals surface area contributed by atoms with Gasteiger partial charge in [0.2, 0.25) is 0 Å². The minimum absolute atomic E-state index is 0.301. The maximum atomic E-state index is 4.76. The Bertz CT molecular complexity index is 1660. The van der Waals surface area contributed by atoms with Crippen LogP contribution in [0.3, 0.4) is 0 Å². The molecule has 0 saturated heterocycles. The van der Waals surface area contributed by atoms with Crippen LogP contribution in [0, 0.1) is 5.92 Å². The molecule has 3 aromatic carbocycles. The van der Waals surface area contributed by atoms with Crippen molar-refractivity contribution in [2.45, 2.75) is 78.1 Å². The second-order valence-electron chi connectivity index (χ2n) is 13.1. The van der Waals surface area contributed by atoms with E-state index in [2.05, 4.69) is 113 Å². The van der Waals surface area contributed by atoms with Gasteiger partial charge in [-0.05, 0) is 120 Å². The van der Waals surface area contributed by atoms with Crippen LogP contribution in [0.4, 0.5) is 0 Å². The van der Waals surface area contributed by atoms with Crippen molar-refractivity contribution in [1.29, 1.82) is 0 Å². The molecule has 2 unspecified atom stereocenters. The maximum absolute atomic E-state index is 4.76. The van der Waals surface area contributed by atoms with Crippen molar-refractivity contribution < 1.29 is 0 Å². The molecule has 3 aliphatic carbocycles. The lowest BCUT2D eigenvalue weighted by Crippen LogP contribution is -2.21. The second kappa shape index (κ2) is 12.4. The van der Waals surface area contributed by atoms with Gasteiger partial charge < -0.3 is 0 Å². The van der Waals surface area contributed by atoms with E-state index in [0.717, 1.165) is 37.7 Å². The van der Waals surface area contributed by atoms with Crippen LogP contribution in [0.2, 0.25) is 0 Å². The third kappa shape index (κ3) is 5.98. The number of rotatable bonds is 9. The van der Waals surface area contributed by atoms with Gasteiger partial charge in [-0.25, -0.2) is 0 Å². The fourth-order valence-electron chi connectivity index (χ4n) is 7.64. The quantitative estimate of drug-likeness (QED) is 0.243. The van der Waals surface area contributed by atoms with Crippen molar-refractivity contribution in [1.82, 2.24) is 0 Å². The largest absolute Gasteiger partial charge is 0.0955 e. The lowest BCUT2D eigenvalue weighted by Gasteiger charge is -2.35. The van der Waals surface area contributed by atoms with Crippen molar-refractivity contribution in [2.75, 3.05) is 0 Å². The summed E-state index contributed by atoms with van der Waals surface area (Å²) in [6.45, 7) is 20.0. The number of hydrogen-bond acceptors (Lipinski definition) is 0. The summed E-state index contributed by atoms with van der Waals surface area (Å²) in [7, 11) is 0. The van der Waals surface area contributed by atoms with E-state index in [0.29, 0.717) is 11.8 Å². The van der Waals surface area contributed by atoms with E-state index >= 15 is 0 Å². The number of benzene rings is 3. The van der Waals surface area contributed by atoms with Crippen LogP contribution in [0.1, 0.15) is 91.3 Å². The van der Waals surface area contributed by atoms with E-state index in [4.69, 9.17) is 6.58 Å². The molecule has 0 aliphatic heterocycles. The van der Waals surface area contributed by atoms with Gasteiger partial charge in [0.25, 0.3) is 0 Å². The average molecular weight is 563 g/mol. The number of allylic oxidation sites excluding steroid dienone is 8. The fourth-order valence-corrected chi connectivity index (χ4v) is 7.64. The summed E-state index contributed by atoms with van der Waals surface area (Å²) < 4.78 is 0. The first-order valence-corrected chi connectivity index (χ1v) is 16.3. The highest BCUT2D eigenvalue weighted by molar-refractivity contribution is 5.68. The molecule has 0 nitrogen and oxygen atoms in total. The maximum Gasteiger partial charge on any atom is 0.0201 e. The summed E-state index contributed by atoms with van der Waals surface area (Å²) in [5, 5.41) is 0. The van der Waals surface area contributed by atoms with Gasteiger partial charge in [0, 0.05) is 11.8 Å². The molecule has 2 atom stereocenters. The highest BCUT2D eigenvalue weighted by atomic mass is 14.4. The van der Waals surface area contributed by atoms with Gasteiger partial charge in [-0.1, -0.05) is 129 Å². The van der Waals surface area contributed by atoms with Crippen LogP contribution >= 0.6 is 0 Å². The predicted molar refractivity (Wildman–Crippen MR) is 186 cm³/mol. The predicted octanol–water partition coefficient (Wildman–Crippen LogP) is 11.3. The zero-order valence-corrected chi connectivity index (χ0v) is 26.4. The first-order valence-electron chi connectivity index (χ1n) is 16.3. The van der Waals surface area contributed by atoms with E-state index in [1.807, 2.05) is 0 Å². The Kier molecular flexibility index (Phi) is 8.40. The Morgan fingerprint density at radius 3 is 2.21 bits per heavy atom. The summed E-state index contributed by atoms with van der Waals surface area (Å²) >= 11 is 0. The van der Waals surface area contributed by atoms with Gasteiger partial charge in [-0.2, -0.15) is 0 Å². The smallest absolute Gasteiger partial charge is 0.0201 e. The van der Waals surface area contributed by atoms with Gasteiger partial charge in [0.05, 0.1) is 0 Å². The summed E-state index contributed by atoms with van der Waals surface area (Å²) in [5.41, 5.74) is 19.2. The molecule has 1 saturated carbocycles. The lowest BCUT2D eigenvalue weighted by molar-refractivity contribution is 0.619. The summed E-state index contributed by atoms with van der Waals surface area (Å²) in [4.78, 5) is 0. The molecule has 0 heteroatoms. The van der Waals surface area contributed by atoms with Crippen LogP contribution in [-0.2, 0) is 25.7 Å². The highest BCUT2D eigenvalue weighted by Crippen LogP contribution is 2.55. The Balaban J connectivity index is 1.23. The van der Waals surface area contributed by atoms with E-state index in [1.165, 1.54) is 80.5 Å². The van der Waals surface area contributed by atoms with Crippen molar-refractivity contribution in [3.63, 3.8) is 0 Å². The van der Waals surface area contributed by atoms with Crippen molar-refractivity contribution in [3.05, 3.63) is 165 Å². The summed E-state index contributed by atoms with van der Waals surface area (Å²) in [6, 6.07) is 25.3. The van der Waals surface area contributed by atoms with Gasteiger partial charge in [-0.3, -0.25) is 0 Å². The molecule has 218 valence electrons. The van der Waals surface area contributed by atoms with E-state index in [1.54, 1.807) is 11.1 Å². The fraction of sp³-hybridized carbons (Fsp3) is 0.302. The summed E-state index contributed by atoms with van der Waals surface area (Å²) in [6.07, 6.45) is 13.8. The number of hydrogen-bond donors (Lipinski definition) is 0. The van der Waals surface area contributed by atoms with Crippen LogP contribution in [0.5, 0.6) is 0 Å². The van der Waals surface area contributed by atoms with Gasteiger partial charge in [0.15, 0.2) is 0 Å². The number of aryl methyl sites for hydroxylation is 4. The molecule has 3 aliphatic rings. The first kappa shape index (κ1) is 29.2. The molecule has 0 heterocycles. The summed E-state index contributed by atoms with van der Waals surface area (Å²) in [5.74, 6) is 0.615. The average Bonchev–Trinajstić information content (AvgIpc) is 3.59. The van der Waals surface area contributed by atoms with E-state index in [9.17, 15) is 0 Å². The molecule has 6 rings (SSSR count). The second-order valence-corrected chi connectivity index (χ2v) is 13.1. The van der Waals surface area contributed by atoms with Crippen LogP contribution < -0.4 is 0 Å². The Morgan fingerprint density at radius 2 is 1.53 bits per heavy atom. The van der Waals surface area contributed by atoms with E-state index < -0.39 is 0 Å². The highest BCUT2D eigenvalue weighted by Gasteiger charge is 2.41. The van der Waals surface area contributed by atoms with Crippen molar-refractivity contribution in [2.24, 2.45) is 5.92 Å². The molecule has 0 bridgehead atoms. The molecule has 0 spiro atoms. The molecule has 43 heavy (non-hydrogen) atoms. The zero-order valence-electron chi connectivity index (χ0n) is 26.4. The Labute approximate surface area is 260 Å². The third-order valence-electron chi connectivity index (χ3n) is 9.94. The van der Waals surface area contributed by atoms with Gasteiger partial charge in [-0.15, -0.1) is 0 Å². The molecule has 3 aromatic rings. The monoisotopic (exact) mass is 562 g/mol. The van der Waals surface area contributed by atoms with Crippen molar-refractivity contribution >= 4 is 11.6 Å². The zero-order chi connectivity index (χ0) is 30.1. The molecule has 1 fully saturated rings. The lowest BCUT2D eigenvalue weighted by atomic mass is 9.69. The topological polar surface area (TPSA) is 0 Å². The first-order chi connectivity index (χ1) is 20.8. The minimum Gasteiger partial charge on any atom is -0.0955 e. The molecular formula is C43H46. The Hall–Kier alpha value is -3.90.